The van der Waals surface area contributed by atoms with Crippen molar-refractivity contribution in [3.05, 3.63) is 76.6 Å². The second-order valence-electron chi connectivity index (χ2n) is 7.68. The van der Waals surface area contributed by atoms with Crippen molar-refractivity contribution in [1.29, 1.82) is 0 Å². The second kappa shape index (κ2) is 9.51. The molecule has 3 aromatic rings. The Balaban J connectivity index is 1.56. The van der Waals surface area contributed by atoms with Crippen LogP contribution in [0.4, 0.5) is 0 Å². The maximum absolute atomic E-state index is 5.79. The van der Waals surface area contributed by atoms with Crippen molar-refractivity contribution >= 4 is 17.8 Å². The van der Waals surface area contributed by atoms with Gasteiger partial charge in [-0.25, -0.2) is 4.68 Å². The molecule has 4 rings (SSSR count). The monoisotopic (exact) mass is 420 g/mol. The summed E-state index contributed by atoms with van der Waals surface area (Å²) >= 11 is 5.79. The van der Waals surface area contributed by atoms with E-state index in [9.17, 15) is 0 Å². The van der Waals surface area contributed by atoms with Gasteiger partial charge in [0.2, 0.25) is 0 Å². The molecule has 2 heterocycles. The van der Waals surface area contributed by atoms with Gasteiger partial charge < -0.3 is 4.74 Å². The fourth-order valence-electron chi connectivity index (χ4n) is 3.86. The molecule has 1 aliphatic rings. The van der Waals surface area contributed by atoms with E-state index >= 15 is 0 Å². The van der Waals surface area contributed by atoms with E-state index in [0.29, 0.717) is 19.8 Å². The molecule has 156 valence electrons. The van der Waals surface area contributed by atoms with Crippen LogP contribution in [0.2, 0.25) is 0 Å². The summed E-state index contributed by atoms with van der Waals surface area (Å²) in [6.07, 6.45) is 3.36. The number of aryl methyl sites for hydroxylation is 1. The summed E-state index contributed by atoms with van der Waals surface area (Å²) < 4.78 is 10.1. The minimum absolute atomic E-state index is 0.603. The molecule has 1 aromatic heterocycles. The van der Waals surface area contributed by atoms with Crippen LogP contribution in [0.3, 0.4) is 0 Å². The van der Waals surface area contributed by atoms with Crippen molar-refractivity contribution in [1.82, 2.24) is 19.2 Å². The molecule has 0 spiro atoms. The fraction of sp³-hybridized carbons (Fsp3) is 0.333. The van der Waals surface area contributed by atoms with Crippen molar-refractivity contribution in [2.24, 2.45) is 0 Å². The summed E-state index contributed by atoms with van der Waals surface area (Å²) in [5, 5.41) is 4.90. The molecular formula is C24H28N4OS. The molecule has 6 heteroatoms. The molecule has 0 saturated carbocycles. The van der Waals surface area contributed by atoms with Crippen molar-refractivity contribution in [3.63, 3.8) is 0 Å². The molecule has 0 bridgehead atoms. The Morgan fingerprint density at radius 3 is 2.57 bits per heavy atom. The van der Waals surface area contributed by atoms with Crippen LogP contribution in [0.15, 0.2) is 60.7 Å². The number of hydrogen-bond acceptors (Lipinski definition) is 4. The van der Waals surface area contributed by atoms with Gasteiger partial charge in [0, 0.05) is 25.8 Å². The lowest BCUT2D eigenvalue weighted by molar-refractivity contribution is 0.186. The van der Waals surface area contributed by atoms with Gasteiger partial charge in [-0.05, 0) is 42.8 Å². The number of ether oxygens (including phenoxy) is 1. The molecule has 0 N–H and O–H groups in total. The minimum Gasteiger partial charge on any atom is -0.383 e. The van der Waals surface area contributed by atoms with Crippen LogP contribution in [0.5, 0.6) is 0 Å². The highest BCUT2D eigenvalue weighted by atomic mass is 32.1. The maximum atomic E-state index is 5.79. The van der Waals surface area contributed by atoms with E-state index in [0.717, 1.165) is 35.7 Å². The number of benzene rings is 2. The van der Waals surface area contributed by atoms with E-state index in [2.05, 4.69) is 77.1 Å². The summed E-state index contributed by atoms with van der Waals surface area (Å²) in [5.41, 5.74) is 5.03. The highest BCUT2D eigenvalue weighted by Crippen LogP contribution is 2.23. The quantitative estimate of drug-likeness (QED) is 0.515. The van der Waals surface area contributed by atoms with Gasteiger partial charge in [-0.2, -0.15) is 5.10 Å². The molecule has 1 aliphatic heterocycles. The zero-order chi connectivity index (χ0) is 20.9. The fourth-order valence-corrected chi connectivity index (χ4v) is 4.13. The van der Waals surface area contributed by atoms with Gasteiger partial charge >= 0.3 is 0 Å². The van der Waals surface area contributed by atoms with Crippen LogP contribution in [-0.4, -0.2) is 46.1 Å². The number of hydrogen-bond donors (Lipinski definition) is 0. The number of rotatable bonds is 7. The van der Waals surface area contributed by atoms with Crippen LogP contribution >= 0.6 is 12.2 Å². The average molecular weight is 421 g/mol. The molecular weight excluding hydrogens is 392 g/mol. The Hall–Kier alpha value is -2.54. The third-order valence-corrected chi connectivity index (χ3v) is 5.92. The van der Waals surface area contributed by atoms with E-state index in [-0.39, 0.29) is 0 Å². The Bertz CT molecular complexity index is 1080. The highest BCUT2D eigenvalue weighted by molar-refractivity contribution is 7.71. The molecule has 0 fully saturated rings. The SMILES string of the molecule is COCCn1c(-c2cccc(C)c2)nn(CN2CC=C(c3ccccc3)CC2)c1=S. The van der Waals surface area contributed by atoms with E-state index in [1.165, 1.54) is 16.7 Å². The lowest BCUT2D eigenvalue weighted by atomic mass is 10.00. The molecule has 0 atom stereocenters. The van der Waals surface area contributed by atoms with E-state index in [1.807, 2.05) is 4.68 Å². The molecule has 0 radical (unpaired) electrons. The highest BCUT2D eigenvalue weighted by Gasteiger charge is 2.17. The molecule has 0 unspecified atom stereocenters. The van der Waals surface area contributed by atoms with Crippen LogP contribution in [-0.2, 0) is 18.0 Å². The van der Waals surface area contributed by atoms with Gasteiger partial charge in [-0.15, -0.1) is 0 Å². The first-order chi connectivity index (χ1) is 14.7. The molecule has 2 aromatic carbocycles. The van der Waals surface area contributed by atoms with Gasteiger partial charge in [0.25, 0.3) is 0 Å². The van der Waals surface area contributed by atoms with Crippen LogP contribution in [0.25, 0.3) is 17.0 Å². The van der Waals surface area contributed by atoms with Gasteiger partial charge in [0.15, 0.2) is 10.6 Å². The Morgan fingerprint density at radius 1 is 1.07 bits per heavy atom. The maximum Gasteiger partial charge on any atom is 0.199 e. The summed E-state index contributed by atoms with van der Waals surface area (Å²) in [6, 6.07) is 19.0. The second-order valence-corrected chi connectivity index (χ2v) is 8.05. The molecule has 30 heavy (non-hydrogen) atoms. The van der Waals surface area contributed by atoms with Gasteiger partial charge in [-0.3, -0.25) is 9.47 Å². The summed E-state index contributed by atoms with van der Waals surface area (Å²) in [6.45, 7) is 5.97. The zero-order valence-corrected chi connectivity index (χ0v) is 18.4. The van der Waals surface area contributed by atoms with Crippen LogP contribution in [0.1, 0.15) is 17.5 Å². The van der Waals surface area contributed by atoms with Gasteiger partial charge in [0.1, 0.15) is 0 Å². The first kappa shape index (κ1) is 20.7. The topological polar surface area (TPSA) is 35.2 Å². The van der Waals surface area contributed by atoms with Crippen molar-refractivity contribution in [3.8, 4) is 11.4 Å². The summed E-state index contributed by atoms with van der Waals surface area (Å²) in [5.74, 6) is 0.901. The molecule has 5 nitrogen and oxygen atoms in total. The molecule has 0 saturated heterocycles. The smallest absolute Gasteiger partial charge is 0.199 e. The number of nitrogens with zero attached hydrogens (tertiary/aromatic N) is 4. The standard InChI is InChI=1S/C24H28N4OS/c1-19-7-6-10-22(17-19)23-25-28(24(30)27(23)15-16-29-2)18-26-13-11-21(12-14-26)20-8-4-3-5-9-20/h3-11,17H,12-16,18H2,1-2H3. The van der Waals surface area contributed by atoms with Gasteiger partial charge in [-0.1, -0.05) is 60.2 Å². The average Bonchev–Trinajstić information content (AvgIpc) is 3.08. The summed E-state index contributed by atoms with van der Waals surface area (Å²) in [4.78, 5) is 2.38. The van der Waals surface area contributed by atoms with E-state index in [1.54, 1.807) is 7.11 Å². The van der Waals surface area contributed by atoms with Crippen LogP contribution < -0.4 is 0 Å². The Kier molecular flexibility index (Phi) is 6.57. The van der Waals surface area contributed by atoms with E-state index < -0.39 is 0 Å². The Morgan fingerprint density at radius 2 is 1.87 bits per heavy atom. The van der Waals surface area contributed by atoms with Crippen molar-refractivity contribution in [2.45, 2.75) is 26.6 Å². The largest absolute Gasteiger partial charge is 0.383 e. The minimum atomic E-state index is 0.603. The third-order valence-electron chi connectivity index (χ3n) is 5.49. The van der Waals surface area contributed by atoms with Gasteiger partial charge in [0.05, 0.1) is 19.8 Å². The molecule has 0 amide bonds. The third kappa shape index (κ3) is 4.61. The first-order valence-electron chi connectivity index (χ1n) is 10.4. The van der Waals surface area contributed by atoms with E-state index in [4.69, 9.17) is 22.1 Å². The number of methoxy groups -OCH3 is 1. The predicted octanol–water partition coefficient (Wildman–Crippen LogP) is 4.78. The van der Waals surface area contributed by atoms with Crippen molar-refractivity contribution in [2.75, 3.05) is 26.8 Å². The normalized spacial score (nSPS) is 14.7. The zero-order valence-electron chi connectivity index (χ0n) is 17.6. The first-order valence-corrected chi connectivity index (χ1v) is 10.8. The number of aromatic nitrogens is 3. The Labute approximate surface area is 183 Å². The lowest BCUT2D eigenvalue weighted by Gasteiger charge is -2.26. The lowest BCUT2D eigenvalue weighted by Crippen LogP contribution is -2.31. The van der Waals surface area contributed by atoms with Crippen LogP contribution in [0, 0.1) is 11.7 Å². The molecule has 0 aliphatic carbocycles. The summed E-state index contributed by atoms with van der Waals surface area (Å²) in [7, 11) is 1.71. The predicted molar refractivity (Wildman–Crippen MR) is 124 cm³/mol. The van der Waals surface area contributed by atoms with Crippen molar-refractivity contribution < 1.29 is 4.74 Å².